The van der Waals surface area contributed by atoms with Crippen LogP contribution in [0.25, 0.3) is 0 Å². The number of ketones is 1. The molecule has 0 spiro atoms. The van der Waals surface area contributed by atoms with E-state index >= 15 is 0 Å². The maximum atomic E-state index is 13.3. The molecule has 0 atom stereocenters. The predicted octanol–water partition coefficient (Wildman–Crippen LogP) is 2.26. The zero-order valence-electron chi connectivity index (χ0n) is 9.45. The van der Waals surface area contributed by atoms with Gasteiger partial charge in [0.05, 0.1) is 11.8 Å². The minimum atomic E-state index is -1.19. The fourth-order valence-electron chi connectivity index (χ4n) is 1.65. The normalized spacial score (nSPS) is 10.7. The lowest BCUT2D eigenvalue weighted by molar-refractivity contribution is 0.0984. The lowest BCUT2D eigenvalue weighted by Crippen LogP contribution is -2.09. The third kappa shape index (κ3) is 2.42. The Hall–Kier alpha value is -2.11. The maximum absolute atomic E-state index is 13.3. The van der Waals surface area contributed by atoms with Gasteiger partial charge in [-0.15, -0.1) is 0 Å². The largest absolute Gasteiger partial charge is 0.294 e. The van der Waals surface area contributed by atoms with Crippen molar-refractivity contribution in [2.45, 2.75) is 6.42 Å². The second kappa shape index (κ2) is 4.64. The van der Waals surface area contributed by atoms with E-state index in [4.69, 9.17) is 0 Å². The SMILES string of the molecule is Cn1cc(CC(=O)c2c(F)cc(F)cc2F)cn1. The first kappa shape index (κ1) is 12.3. The Morgan fingerprint density at radius 1 is 1.28 bits per heavy atom. The van der Waals surface area contributed by atoms with Crippen LogP contribution >= 0.6 is 0 Å². The number of carbonyl (C=O) groups is 1. The van der Waals surface area contributed by atoms with Crippen molar-refractivity contribution in [2.75, 3.05) is 0 Å². The summed E-state index contributed by atoms with van der Waals surface area (Å²) >= 11 is 0. The number of aromatic nitrogens is 2. The summed E-state index contributed by atoms with van der Waals surface area (Å²) in [5, 5.41) is 3.84. The Kier molecular flexibility index (Phi) is 3.18. The Morgan fingerprint density at radius 3 is 2.39 bits per heavy atom. The zero-order chi connectivity index (χ0) is 13.3. The van der Waals surface area contributed by atoms with Gasteiger partial charge in [0.1, 0.15) is 17.5 Å². The summed E-state index contributed by atoms with van der Waals surface area (Å²) in [7, 11) is 1.66. The van der Waals surface area contributed by atoms with Crippen molar-refractivity contribution in [1.29, 1.82) is 0 Å². The van der Waals surface area contributed by atoms with Crippen LogP contribution in [-0.4, -0.2) is 15.6 Å². The van der Waals surface area contributed by atoms with Gasteiger partial charge in [-0.1, -0.05) is 0 Å². The quantitative estimate of drug-likeness (QED) is 0.787. The lowest BCUT2D eigenvalue weighted by atomic mass is 10.0. The molecular formula is C12H9F3N2O. The van der Waals surface area contributed by atoms with Crippen LogP contribution in [0.1, 0.15) is 15.9 Å². The van der Waals surface area contributed by atoms with Gasteiger partial charge in [0.15, 0.2) is 5.78 Å². The number of aryl methyl sites for hydroxylation is 1. The van der Waals surface area contributed by atoms with Crippen LogP contribution in [0, 0.1) is 17.5 Å². The minimum Gasteiger partial charge on any atom is -0.294 e. The molecule has 2 aromatic rings. The molecule has 18 heavy (non-hydrogen) atoms. The molecule has 1 aromatic heterocycles. The van der Waals surface area contributed by atoms with Crippen molar-refractivity contribution in [3.63, 3.8) is 0 Å². The number of Topliss-reactive ketones (excluding diaryl/α,β-unsaturated/α-hetero) is 1. The average molecular weight is 254 g/mol. The van der Waals surface area contributed by atoms with E-state index in [2.05, 4.69) is 5.10 Å². The molecule has 1 aromatic carbocycles. The van der Waals surface area contributed by atoms with Crippen LogP contribution in [0.2, 0.25) is 0 Å². The molecule has 94 valence electrons. The topological polar surface area (TPSA) is 34.9 Å². The zero-order valence-corrected chi connectivity index (χ0v) is 9.45. The summed E-state index contributed by atoms with van der Waals surface area (Å²) in [4.78, 5) is 11.7. The molecule has 0 saturated carbocycles. The molecule has 3 nitrogen and oxygen atoms in total. The van der Waals surface area contributed by atoms with E-state index in [1.54, 1.807) is 13.2 Å². The van der Waals surface area contributed by atoms with Gasteiger partial charge in [0.2, 0.25) is 0 Å². The van der Waals surface area contributed by atoms with E-state index in [0.29, 0.717) is 17.7 Å². The molecule has 0 N–H and O–H groups in total. The van der Waals surface area contributed by atoms with Crippen molar-refractivity contribution in [1.82, 2.24) is 9.78 Å². The number of halogens is 3. The highest BCUT2D eigenvalue weighted by Crippen LogP contribution is 2.17. The maximum Gasteiger partial charge on any atom is 0.173 e. The number of carbonyl (C=O) groups excluding carboxylic acids is 1. The van der Waals surface area contributed by atoms with Crippen LogP contribution < -0.4 is 0 Å². The first-order chi connectivity index (χ1) is 8.47. The lowest BCUT2D eigenvalue weighted by Gasteiger charge is -2.03. The van der Waals surface area contributed by atoms with E-state index in [-0.39, 0.29) is 6.42 Å². The van der Waals surface area contributed by atoms with Crippen molar-refractivity contribution < 1.29 is 18.0 Å². The molecular weight excluding hydrogens is 245 g/mol. The van der Waals surface area contributed by atoms with Gasteiger partial charge in [-0.05, 0) is 5.56 Å². The van der Waals surface area contributed by atoms with Crippen LogP contribution in [0.15, 0.2) is 24.5 Å². The van der Waals surface area contributed by atoms with Gasteiger partial charge in [-0.25, -0.2) is 13.2 Å². The average Bonchev–Trinajstić information content (AvgIpc) is 2.62. The molecule has 6 heteroatoms. The Morgan fingerprint density at radius 2 is 1.89 bits per heavy atom. The summed E-state index contributed by atoms with van der Waals surface area (Å²) in [6.45, 7) is 0. The highest BCUT2D eigenvalue weighted by atomic mass is 19.1. The Bertz CT molecular complexity index is 584. The van der Waals surface area contributed by atoms with Crippen molar-refractivity contribution >= 4 is 5.78 Å². The number of hydrogen-bond donors (Lipinski definition) is 0. The summed E-state index contributed by atoms with van der Waals surface area (Å²) in [5.41, 5.74) is -0.189. The second-order valence-corrected chi connectivity index (χ2v) is 3.87. The van der Waals surface area contributed by atoms with Crippen LogP contribution in [0.4, 0.5) is 13.2 Å². The summed E-state index contributed by atoms with van der Waals surface area (Å²) in [5.74, 6) is -4.19. The fraction of sp³-hybridized carbons (Fsp3) is 0.167. The van der Waals surface area contributed by atoms with E-state index < -0.39 is 28.8 Å². The van der Waals surface area contributed by atoms with Gasteiger partial charge < -0.3 is 0 Å². The third-order valence-corrected chi connectivity index (χ3v) is 2.41. The summed E-state index contributed by atoms with van der Waals surface area (Å²) in [6, 6.07) is 0.971. The van der Waals surface area contributed by atoms with Gasteiger partial charge in [-0.3, -0.25) is 9.48 Å². The van der Waals surface area contributed by atoms with E-state index in [9.17, 15) is 18.0 Å². The molecule has 0 bridgehead atoms. The molecule has 0 aliphatic rings. The molecule has 2 rings (SSSR count). The van der Waals surface area contributed by atoms with Gasteiger partial charge in [-0.2, -0.15) is 5.10 Å². The molecule has 0 radical (unpaired) electrons. The monoisotopic (exact) mass is 254 g/mol. The van der Waals surface area contributed by atoms with Crippen LogP contribution in [-0.2, 0) is 13.5 Å². The molecule has 0 saturated heterocycles. The number of nitrogens with zero attached hydrogens (tertiary/aromatic N) is 2. The highest BCUT2D eigenvalue weighted by molar-refractivity contribution is 5.97. The Balaban J connectivity index is 2.29. The van der Waals surface area contributed by atoms with Crippen molar-refractivity contribution in [3.05, 3.63) is 53.1 Å². The van der Waals surface area contributed by atoms with E-state index in [1.165, 1.54) is 10.9 Å². The van der Waals surface area contributed by atoms with Crippen LogP contribution in [0.5, 0.6) is 0 Å². The second-order valence-electron chi connectivity index (χ2n) is 3.87. The first-order valence-corrected chi connectivity index (χ1v) is 5.12. The first-order valence-electron chi connectivity index (χ1n) is 5.12. The minimum absolute atomic E-state index is 0.187. The highest BCUT2D eigenvalue weighted by Gasteiger charge is 2.19. The molecule has 0 unspecified atom stereocenters. The van der Waals surface area contributed by atoms with E-state index in [0.717, 1.165) is 0 Å². The third-order valence-electron chi connectivity index (χ3n) is 2.41. The standard InChI is InChI=1S/C12H9F3N2O/c1-17-6-7(5-16-17)2-11(18)12-9(14)3-8(13)4-10(12)15/h3-6H,2H2,1H3. The summed E-state index contributed by atoms with van der Waals surface area (Å²) in [6.07, 6.45) is 2.81. The number of rotatable bonds is 3. The molecule has 1 heterocycles. The molecule has 0 fully saturated rings. The van der Waals surface area contributed by atoms with Crippen LogP contribution in [0.3, 0.4) is 0 Å². The van der Waals surface area contributed by atoms with E-state index in [1.807, 2.05) is 0 Å². The van der Waals surface area contributed by atoms with Gasteiger partial charge in [0.25, 0.3) is 0 Å². The molecule has 0 aliphatic carbocycles. The fourth-order valence-corrected chi connectivity index (χ4v) is 1.65. The number of benzene rings is 1. The molecule has 0 amide bonds. The van der Waals surface area contributed by atoms with Gasteiger partial charge >= 0.3 is 0 Å². The van der Waals surface area contributed by atoms with Crippen molar-refractivity contribution in [2.24, 2.45) is 7.05 Å². The smallest absolute Gasteiger partial charge is 0.173 e. The molecule has 0 aliphatic heterocycles. The number of hydrogen-bond acceptors (Lipinski definition) is 2. The van der Waals surface area contributed by atoms with Crippen molar-refractivity contribution in [3.8, 4) is 0 Å². The summed E-state index contributed by atoms with van der Waals surface area (Å²) < 4.78 is 40.9. The Labute approximate surface area is 101 Å². The predicted molar refractivity (Wildman–Crippen MR) is 57.6 cm³/mol. The van der Waals surface area contributed by atoms with Gasteiger partial charge in [0, 0.05) is 31.8 Å².